The number of nitrogens with zero attached hydrogens (tertiary/aromatic N) is 2. The highest BCUT2D eigenvalue weighted by Crippen LogP contribution is 2.63. The maximum Gasteiger partial charge on any atom is 0.346 e. The zero-order valence-electron chi connectivity index (χ0n) is 34.5. The molecule has 5 heteroatoms. The van der Waals surface area contributed by atoms with E-state index in [1.54, 1.807) is 17.4 Å². The van der Waals surface area contributed by atoms with E-state index >= 15 is 0 Å². The third kappa shape index (κ3) is 6.56. The Kier molecular flexibility index (Phi) is 10.2. The zero-order valence-corrected chi connectivity index (χ0v) is 35.3. The molecule has 10 rings (SSSR count). The predicted octanol–water partition coefficient (Wildman–Crippen LogP) is 15.0. The summed E-state index contributed by atoms with van der Waals surface area (Å²) in [6.07, 6.45) is 6.82. The Morgan fingerprint density at radius 3 is 1.69 bits per heavy atom. The summed E-state index contributed by atoms with van der Waals surface area (Å²) < 4.78 is 0. The summed E-state index contributed by atoms with van der Waals surface area (Å²) in [5.41, 5.74) is 17.0. The number of carbonyl (C=O) groups is 1. The number of fused-ring (bicyclic) bond motifs is 10. The van der Waals surface area contributed by atoms with Crippen molar-refractivity contribution in [1.29, 1.82) is 5.26 Å². The third-order valence-corrected chi connectivity index (χ3v) is 13.8. The molecule has 0 aliphatic heterocycles. The Bertz CT molecular complexity index is 2960. The van der Waals surface area contributed by atoms with Crippen LogP contribution in [0.5, 0.6) is 0 Å². The average molecular weight is 821 g/mol. The van der Waals surface area contributed by atoms with Gasteiger partial charge in [0.2, 0.25) is 0 Å². The zero-order chi connectivity index (χ0) is 42.2. The molecular weight excluding hydrogens is 777 g/mol. The summed E-state index contributed by atoms with van der Waals surface area (Å²) in [5, 5.41) is 19.5. The predicted molar refractivity (Wildman–Crippen MR) is 255 cm³/mol. The van der Waals surface area contributed by atoms with Gasteiger partial charge in [-0.05, 0) is 140 Å². The summed E-state index contributed by atoms with van der Waals surface area (Å²) in [6, 6.07) is 65.7. The largest absolute Gasteiger partial charge is 0.477 e. The van der Waals surface area contributed by atoms with E-state index in [9.17, 15) is 15.2 Å². The number of carboxylic acids is 1. The van der Waals surface area contributed by atoms with Crippen LogP contribution in [0.3, 0.4) is 0 Å². The summed E-state index contributed by atoms with van der Waals surface area (Å²) in [7, 11) is 0. The van der Waals surface area contributed by atoms with Crippen molar-refractivity contribution in [3.8, 4) is 49.9 Å². The molecule has 0 bridgehead atoms. The molecule has 1 N–H and O–H groups in total. The van der Waals surface area contributed by atoms with Crippen molar-refractivity contribution in [3.63, 3.8) is 0 Å². The van der Waals surface area contributed by atoms with E-state index in [4.69, 9.17) is 0 Å². The van der Waals surface area contributed by atoms with E-state index in [1.807, 2.05) is 6.07 Å². The Morgan fingerprint density at radius 2 is 1.11 bits per heavy atom. The van der Waals surface area contributed by atoms with Gasteiger partial charge in [0.15, 0.2) is 0 Å². The van der Waals surface area contributed by atoms with Crippen LogP contribution in [-0.4, -0.2) is 11.1 Å². The van der Waals surface area contributed by atoms with Crippen molar-refractivity contribution in [1.82, 2.24) is 0 Å². The highest BCUT2D eigenvalue weighted by molar-refractivity contribution is 7.16. The van der Waals surface area contributed by atoms with E-state index < -0.39 is 11.4 Å². The smallest absolute Gasteiger partial charge is 0.346 e. The molecule has 0 saturated heterocycles. The fourth-order valence-electron chi connectivity index (χ4n) is 9.79. The molecule has 0 saturated carbocycles. The Morgan fingerprint density at radius 1 is 0.597 bits per heavy atom. The third-order valence-electron chi connectivity index (χ3n) is 12.6. The number of anilines is 3. The first kappa shape index (κ1) is 38.9. The van der Waals surface area contributed by atoms with E-state index in [2.05, 4.69) is 188 Å². The second kappa shape index (κ2) is 16.3. The van der Waals surface area contributed by atoms with E-state index in [0.29, 0.717) is 0 Å². The van der Waals surface area contributed by atoms with Gasteiger partial charge in [-0.1, -0.05) is 148 Å². The van der Waals surface area contributed by atoms with Crippen LogP contribution >= 0.6 is 11.3 Å². The molecule has 2 aliphatic rings. The minimum Gasteiger partial charge on any atom is -0.477 e. The molecule has 0 atom stereocenters. The molecule has 2 aliphatic carbocycles. The van der Waals surface area contributed by atoms with Crippen molar-refractivity contribution < 1.29 is 9.90 Å². The normalized spacial score (nSPS) is 12.9. The second-order valence-electron chi connectivity index (χ2n) is 16.2. The minimum absolute atomic E-state index is 0.245. The number of carboxylic acid groups (broad SMARTS) is 1. The van der Waals surface area contributed by atoms with Gasteiger partial charge < -0.3 is 10.0 Å². The lowest BCUT2D eigenvalue weighted by atomic mass is 9.70. The number of aryl methyl sites for hydroxylation is 1. The number of unbranched alkanes of at least 4 members (excludes halogenated alkanes) is 3. The van der Waals surface area contributed by atoms with Gasteiger partial charge in [0.1, 0.15) is 11.6 Å². The molecule has 1 heterocycles. The highest BCUT2D eigenvalue weighted by atomic mass is 32.1. The molecule has 1 spiro atoms. The van der Waals surface area contributed by atoms with Crippen LogP contribution in [0.1, 0.15) is 65.3 Å². The van der Waals surface area contributed by atoms with Crippen LogP contribution in [0.2, 0.25) is 0 Å². The highest BCUT2D eigenvalue weighted by Gasteiger charge is 2.51. The second-order valence-corrected chi connectivity index (χ2v) is 17.3. The molecule has 0 unspecified atom stereocenters. The summed E-state index contributed by atoms with van der Waals surface area (Å²) in [4.78, 5) is 16.2. The fraction of sp³-hybridized carbons (Fsp3) is 0.123. The van der Waals surface area contributed by atoms with Crippen LogP contribution in [0.4, 0.5) is 17.1 Å². The molecule has 7 aromatic carbocycles. The topological polar surface area (TPSA) is 64.3 Å². The first-order valence-corrected chi connectivity index (χ1v) is 22.3. The number of hydrogen-bond acceptors (Lipinski definition) is 4. The lowest BCUT2D eigenvalue weighted by Crippen LogP contribution is -2.26. The maximum absolute atomic E-state index is 12.0. The SMILES string of the molecule is CCCCCCc1cc(-c2ccc3c(c2)C2(c4ccccc4-c4ccccc42)c2cc(-c4ccc(N(c5ccccc5)c5ccccc5)cc4)ccc2-3)sc1/C=C(/C#N)C(=O)O. The molecule has 0 amide bonds. The number of thiophene rings is 1. The van der Waals surface area contributed by atoms with Crippen molar-refractivity contribution in [2.75, 3.05) is 4.90 Å². The molecule has 0 fully saturated rings. The number of benzene rings is 7. The van der Waals surface area contributed by atoms with E-state index in [0.717, 1.165) is 81.2 Å². The standard InChI is InChI=1S/C57H44N2O2S/c1-2-3-4-7-16-40-35-54(62-55(40)36-42(37-58)56(60)61)41-28-32-49-48-31-27-39(38-25-29-45(30-26-38)59(43-17-8-5-9-18-43)44-19-10-6-11-20-44)33-52(48)57(53(49)34-41)50-23-14-12-21-46(50)47-22-13-15-24-51(47)57/h5-6,8-15,17-36H,2-4,7,16H2,1H3,(H,60,61)/b42-36-. The first-order chi connectivity index (χ1) is 30.5. The van der Waals surface area contributed by atoms with Crippen molar-refractivity contribution in [3.05, 3.63) is 214 Å². The fourth-order valence-corrected chi connectivity index (χ4v) is 10.9. The quantitative estimate of drug-likeness (QED) is 0.0757. The van der Waals surface area contributed by atoms with Crippen LogP contribution in [0.15, 0.2) is 181 Å². The number of nitriles is 1. The number of para-hydroxylation sites is 2. The molecular formula is C57H44N2O2S. The lowest BCUT2D eigenvalue weighted by molar-refractivity contribution is -0.132. The van der Waals surface area contributed by atoms with Gasteiger partial charge >= 0.3 is 5.97 Å². The Labute approximate surface area is 367 Å². The summed E-state index contributed by atoms with van der Waals surface area (Å²) >= 11 is 1.57. The van der Waals surface area contributed by atoms with E-state index in [-0.39, 0.29) is 5.57 Å². The van der Waals surface area contributed by atoms with Gasteiger partial charge in [0.05, 0.1) is 5.41 Å². The number of rotatable bonds is 12. The minimum atomic E-state index is -1.20. The van der Waals surface area contributed by atoms with Crippen LogP contribution in [-0.2, 0) is 16.6 Å². The Balaban J connectivity index is 1.11. The van der Waals surface area contributed by atoms with Gasteiger partial charge in [0.25, 0.3) is 0 Å². The molecule has 4 nitrogen and oxygen atoms in total. The van der Waals surface area contributed by atoms with Gasteiger partial charge in [-0.25, -0.2) is 4.79 Å². The van der Waals surface area contributed by atoms with Crippen LogP contribution in [0, 0.1) is 11.3 Å². The van der Waals surface area contributed by atoms with Crippen LogP contribution < -0.4 is 4.90 Å². The summed E-state index contributed by atoms with van der Waals surface area (Å²) in [5.74, 6) is -1.20. The van der Waals surface area contributed by atoms with E-state index in [1.165, 1.54) is 44.5 Å². The molecule has 300 valence electrons. The molecule has 0 radical (unpaired) electrons. The average Bonchev–Trinajstić information content (AvgIpc) is 3.96. The summed E-state index contributed by atoms with van der Waals surface area (Å²) in [6.45, 7) is 2.20. The number of hydrogen-bond donors (Lipinski definition) is 1. The lowest BCUT2D eigenvalue weighted by Gasteiger charge is -2.31. The van der Waals surface area contributed by atoms with Crippen LogP contribution in [0.25, 0.3) is 49.9 Å². The van der Waals surface area contributed by atoms with Crippen molar-refractivity contribution >= 4 is 40.4 Å². The van der Waals surface area contributed by atoms with Gasteiger partial charge in [0, 0.05) is 26.8 Å². The van der Waals surface area contributed by atoms with Gasteiger partial charge in [-0.2, -0.15) is 5.26 Å². The molecule has 62 heavy (non-hydrogen) atoms. The molecule has 1 aromatic heterocycles. The van der Waals surface area contributed by atoms with Crippen molar-refractivity contribution in [2.45, 2.75) is 44.4 Å². The monoisotopic (exact) mass is 820 g/mol. The first-order valence-electron chi connectivity index (χ1n) is 21.5. The molecule has 8 aromatic rings. The van der Waals surface area contributed by atoms with Crippen molar-refractivity contribution in [2.24, 2.45) is 0 Å². The number of aliphatic carboxylic acids is 1. The maximum atomic E-state index is 12.0. The van der Waals surface area contributed by atoms with Gasteiger partial charge in [-0.3, -0.25) is 0 Å². The van der Waals surface area contributed by atoms with Gasteiger partial charge in [-0.15, -0.1) is 11.3 Å². The Hall–Kier alpha value is -7.26.